The molecule has 18 nitrogen and oxygen atoms in total. The molecule has 0 saturated heterocycles. The van der Waals surface area contributed by atoms with Gasteiger partial charge in [-0.2, -0.15) is 0 Å². The average molecular weight is 727 g/mol. The molecule has 0 rings (SSSR count). The monoisotopic (exact) mass is 726 g/mol. The Morgan fingerprint density at radius 1 is 0.604 bits per heavy atom. The Balaban J connectivity index is 5.67. The standard InChI is InChI=1S/C28H48N6O12S2/c1-13(2)21(27(43)44)33-23(37)17(31-19(35)9-5-7-15(29)25(39)40)11-47-48-12-18(24(38)34-22(14(3)4)28(45)46)32-20(36)10-6-8-16(30)26(41)42/h13-18,21-22H,5-12,29-30H2,1-4H3,(H,31,35)(H,32,36)(H,33,37)(H,34,38)(H,39,40)(H,41,42)(H,43,44)(H,45,46)/t15-,16-,17-,18-,21+,22+/m0/s1/i11+1,12+1. The SMILES string of the molecule is CC(C)[C@@H](NC(=O)[C@H]([13CH2]SS[13CH2][C@H](NC(=O)CCC[C@H]([NH3+])C(=O)[O-])C(=O)N[C@@H](C(=O)O)C(C)C)NC(=O)CCC[C@H]([NH3+])C(=O)[O-])C(=O)O. The third-order valence-electron chi connectivity index (χ3n) is 6.90. The van der Waals surface area contributed by atoms with Crippen LogP contribution in [0.3, 0.4) is 0 Å². The number of hydrogen-bond acceptors (Lipinski definition) is 12. The van der Waals surface area contributed by atoms with Gasteiger partial charge in [0.1, 0.15) is 36.3 Å². The number of carboxylic acid groups (broad SMARTS) is 4. The van der Waals surface area contributed by atoms with Crippen molar-refractivity contribution in [1.82, 2.24) is 21.3 Å². The van der Waals surface area contributed by atoms with Gasteiger partial charge < -0.3 is 62.7 Å². The van der Waals surface area contributed by atoms with Crippen LogP contribution in [0.25, 0.3) is 0 Å². The van der Waals surface area contributed by atoms with E-state index in [0.29, 0.717) is 0 Å². The van der Waals surface area contributed by atoms with Crippen LogP contribution in [0.1, 0.15) is 66.2 Å². The molecule has 0 heterocycles. The summed E-state index contributed by atoms with van der Waals surface area (Å²) in [6.45, 7) is 6.33. The summed E-state index contributed by atoms with van der Waals surface area (Å²) < 4.78 is 0. The maximum absolute atomic E-state index is 13.1. The summed E-state index contributed by atoms with van der Waals surface area (Å²) in [5.41, 5.74) is 6.83. The van der Waals surface area contributed by atoms with Crippen LogP contribution in [0, 0.1) is 11.8 Å². The van der Waals surface area contributed by atoms with Crippen LogP contribution in [-0.4, -0.2) is 105 Å². The van der Waals surface area contributed by atoms with Crippen molar-refractivity contribution in [2.45, 2.75) is 102 Å². The molecule has 0 unspecified atom stereocenters. The molecule has 0 aliphatic carbocycles. The van der Waals surface area contributed by atoms with Crippen LogP contribution in [-0.2, 0) is 38.4 Å². The molecule has 0 aromatic carbocycles. The van der Waals surface area contributed by atoms with Gasteiger partial charge >= 0.3 is 11.9 Å². The average Bonchev–Trinajstić information content (AvgIpc) is 2.98. The predicted octanol–water partition coefficient (Wildman–Crippen LogP) is -5.15. The van der Waals surface area contributed by atoms with Crippen molar-refractivity contribution in [2.24, 2.45) is 11.8 Å². The molecule has 0 aromatic heterocycles. The lowest BCUT2D eigenvalue weighted by molar-refractivity contribution is -0.438. The fourth-order valence-corrected chi connectivity index (χ4v) is 6.25. The molecule has 0 saturated carbocycles. The molecule has 4 amide bonds. The fourth-order valence-electron chi connectivity index (χ4n) is 3.92. The van der Waals surface area contributed by atoms with Crippen LogP contribution in [0.2, 0.25) is 0 Å². The normalized spacial score (nSPS) is 14.9. The van der Waals surface area contributed by atoms with Crippen LogP contribution in [0.4, 0.5) is 0 Å². The Kier molecular flexibility index (Phi) is 21.1. The van der Waals surface area contributed by atoms with Gasteiger partial charge in [-0.3, -0.25) is 19.2 Å². The molecule has 0 fully saturated rings. The van der Waals surface area contributed by atoms with E-state index >= 15 is 0 Å². The zero-order valence-corrected chi connectivity index (χ0v) is 29.1. The second-order valence-electron chi connectivity index (χ2n) is 11.8. The van der Waals surface area contributed by atoms with E-state index in [0.717, 1.165) is 21.6 Å². The first-order chi connectivity index (χ1) is 22.3. The summed E-state index contributed by atoms with van der Waals surface area (Å²) in [5.74, 6) is -9.36. The number of carbonyl (C=O) groups excluding carboxylic acids is 6. The van der Waals surface area contributed by atoms with E-state index in [1.54, 1.807) is 27.7 Å². The topological polar surface area (TPSA) is 327 Å². The zero-order valence-electron chi connectivity index (χ0n) is 27.5. The van der Waals surface area contributed by atoms with E-state index in [2.05, 4.69) is 32.7 Å². The van der Waals surface area contributed by atoms with E-state index in [9.17, 15) is 58.8 Å². The Morgan fingerprint density at radius 3 is 1.17 bits per heavy atom. The summed E-state index contributed by atoms with van der Waals surface area (Å²) >= 11 is 0. The predicted molar refractivity (Wildman–Crippen MR) is 169 cm³/mol. The fraction of sp³-hybridized carbons (Fsp3) is 0.714. The minimum atomic E-state index is -1.37. The molecular weight excluding hydrogens is 678 g/mol. The Bertz CT molecular complexity index is 1060. The highest BCUT2D eigenvalue weighted by molar-refractivity contribution is 8.76. The summed E-state index contributed by atoms with van der Waals surface area (Å²) in [6.07, 6.45) is 0.0436. The van der Waals surface area contributed by atoms with Gasteiger partial charge in [0, 0.05) is 37.2 Å². The number of carbonyl (C=O) groups is 8. The van der Waals surface area contributed by atoms with Gasteiger partial charge in [-0.15, -0.1) is 0 Å². The van der Waals surface area contributed by atoms with Crippen molar-refractivity contribution in [3.63, 3.8) is 0 Å². The first-order valence-corrected chi connectivity index (χ1v) is 17.7. The molecule has 0 aliphatic rings. The molecule has 0 aromatic rings. The lowest BCUT2D eigenvalue weighted by Crippen LogP contribution is -2.68. The molecule has 12 N–H and O–H groups in total. The van der Waals surface area contributed by atoms with Crippen molar-refractivity contribution < 1.29 is 70.2 Å². The van der Waals surface area contributed by atoms with E-state index in [-0.39, 0.29) is 50.0 Å². The molecule has 20 heteroatoms. The third kappa shape index (κ3) is 18.1. The number of rotatable bonds is 25. The van der Waals surface area contributed by atoms with Crippen LogP contribution < -0.4 is 42.9 Å². The lowest BCUT2D eigenvalue weighted by atomic mass is 10.0. The molecule has 48 heavy (non-hydrogen) atoms. The number of carboxylic acids is 4. The first kappa shape index (κ1) is 44.4. The molecule has 0 radical (unpaired) electrons. The number of quaternary nitrogens is 2. The number of aliphatic carboxylic acids is 4. The Labute approximate surface area is 286 Å². The minimum absolute atomic E-state index is 0.0487. The second kappa shape index (κ2) is 22.9. The number of amides is 4. The first-order valence-electron chi connectivity index (χ1n) is 15.3. The molecule has 274 valence electrons. The lowest BCUT2D eigenvalue weighted by Gasteiger charge is -2.24. The van der Waals surface area contributed by atoms with Crippen molar-refractivity contribution in [1.29, 1.82) is 0 Å². The van der Waals surface area contributed by atoms with Gasteiger partial charge in [-0.05, 0) is 24.7 Å². The quantitative estimate of drug-likeness (QED) is 0.0248. The van der Waals surface area contributed by atoms with Gasteiger partial charge in [0.2, 0.25) is 23.6 Å². The number of hydrogen-bond donors (Lipinski definition) is 8. The Morgan fingerprint density at radius 2 is 0.917 bits per heavy atom. The highest BCUT2D eigenvalue weighted by Crippen LogP contribution is 2.24. The molecule has 0 bridgehead atoms. The van der Waals surface area contributed by atoms with Crippen molar-refractivity contribution in [3.05, 3.63) is 0 Å². The molecule has 0 aliphatic heterocycles. The van der Waals surface area contributed by atoms with Crippen molar-refractivity contribution in [2.75, 3.05) is 11.5 Å². The highest BCUT2D eigenvalue weighted by Gasteiger charge is 2.31. The second-order valence-corrected chi connectivity index (χ2v) is 14.3. The van der Waals surface area contributed by atoms with Crippen LogP contribution >= 0.6 is 21.6 Å². The van der Waals surface area contributed by atoms with Gasteiger partial charge in [-0.25, -0.2) is 9.59 Å². The van der Waals surface area contributed by atoms with Gasteiger partial charge in [0.25, 0.3) is 0 Å². The van der Waals surface area contributed by atoms with E-state index in [4.69, 9.17) is 0 Å². The largest absolute Gasteiger partial charge is 0.544 e. The maximum atomic E-state index is 13.1. The van der Waals surface area contributed by atoms with Gasteiger partial charge in [0.05, 0.1) is 11.9 Å². The summed E-state index contributed by atoms with van der Waals surface area (Å²) in [4.78, 5) is 96.4. The smallest absolute Gasteiger partial charge is 0.326 e. The van der Waals surface area contributed by atoms with Crippen molar-refractivity contribution >= 4 is 69.1 Å². The van der Waals surface area contributed by atoms with E-state index < -0.39 is 95.6 Å². The van der Waals surface area contributed by atoms with Crippen LogP contribution in [0.5, 0.6) is 0 Å². The van der Waals surface area contributed by atoms with E-state index in [1.807, 2.05) is 0 Å². The zero-order chi connectivity index (χ0) is 37.1. The van der Waals surface area contributed by atoms with Gasteiger partial charge in [0.15, 0.2) is 0 Å². The molecule has 0 spiro atoms. The summed E-state index contributed by atoms with van der Waals surface area (Å²) in [7, 11) is 2.01. The third-order valence-corrected chi connectivity index (χ3v) is 9.32. The highest BCUT2D eigenvalue weighted by atomic mass is 33.1. The Hall–Kier alpha value is -3.62. The van der Waals surface area contributed by atoms with E-state index in [1.165, 1.54) is 0 Å². The summed E-state index contributed by atoms with van der Waals surface area (Å²) in [5, 5.41) is 50.5. The molecule has 6 atom stereocenters. The maximum Gasteiger partial charge on any atom is 0.326 e. The van der Waals surface area contributed by atoms with Gasteiger partial charge in [-0.1, -0.05) is 49.3 Å². The van der Waals surface area contributed by atoms with Crippen molar-refractivity contribution in [3.8, 4) is 0 Å². The number of nitrogens with one attached hydrogen (secondary N) is 4. The minimum Gasteiger partial charge on any atom is -0.544 e. The molecular formula is C28H48N6O12S2. The van der Waals surface area contributed by atoms with Crippen LogP contribution in [0.15, 0.2) is 0 Å². The summed E-state index contributed by atoms with van der Waals surface area (Å²) in [6, 6.07) is -7.09.